The van der Waals surface area contributed by atoms with Gasteiger partial charge in [-0.15, -0.1) is 0 Å². The Bertz CT molecular complexity index is 146. The third-order valence-electron chi connectivity index (χ3n) is 4.27. The van der Waals surface area contributed by atoms with E-state index in [9.17, 15) is 0 Å². The molecule has 0 amide bonds. The van der Waals surface area contributed by atoms with Gasteiger partial charge in [0.2, 0.25) is 0 Å². The first kappa shape index (κ1) is 11.1. The predicted molar refractivity (Wildman–Crippen MR) is 59.8 cm³/mol. The summed E-state index contributed by atoms with van der Waals surface area (Å²) in [7, 11) is 0. The molecule has 78 valence electrons. The molecule has 0 radical (unpaired) electrons. The molecule has 0 heterocycles. The smallest absolute Gasteiger partial charge is 0.0329 e. The molecule has 2 unspecified atom stereocenters. The van der Waals surface area contributed by atoms with Crippen molar-refractivity contribution in [1.29, 1.82) is 0 Å². The van der Waals surface area contributed by atoms with Crippen molar-refractivity contribution in [3.63, 3.8) is 0 Å². The molecule has 0 N–H and O–H groups in total. The van der Waals surface area contributed by atoms with Crippen molar-refractivity contribution in [2.75, 3.05) is 0 Å². The predicted octanol–water partition coefficient (Wildman–Crippen LogP) is 4.64. The first-order chi connectivity index (χ1) is 6.06. The van der Waals surface area contributed by atoms with E-state index in [0.29, 0.717) is 5.41 Å². The van der Waals surface area contributed by atoms with Crippen LogP contribution < -0.4 is 0 Å². The molecule has 1 saturated carbocycles. The van der Waals surface area contributed by atoms with Crippen LogP contribution in [0, 0.1) is 17.3 Å². The second-order valence-electron chi connectivity index (χ2n) is 5.65. The largest absolute Gasteiger partial charge is 0.0649 e. The highest BCUT2D eigenvalue weighted by Crippen LogP contribution is 2.40. The number of rotatable bonds is 2. The van der Waals surface area contributed by atoms with E-state index in [1.165, 1.54) is 38.5 Å². The Morgan fingerprint density at radius 1 is 1.08 bits per heavy atom. The van der Waals surface area contributed by atoms with Gasteiger partial charge in [-0.3, -0.25) is 0 Å². The van der Waals surface area contributed by atoms with E-state index in [0.717, 1.165) is 11.8 Å². The summed E-state index contributed by atoms with van der Waals surface area (Å²) < 4.78 is 0. The van der Waals surface area contributed by atoms with Crippen molar-refractivity contribution in [1.82, 2.24) is 0 Å². The molecule has 0 heteroatoms. The Morgan fingerprint density at radius 3 is 2.38 bits per heavy atom. The Kier molecular flexibility index (Phi) is 3.82. The standard InChI is InChI=1S/C13H26/c1-5-13(3,4)12-8-6-7-11(2)9-10-12/h11-12H,5-10H2,1-4H3. The fourth-order valence-electron chi connectivity index (χ4n) is 2.56. The summed E-state index contributed by atoms with van der Waals surface area (Å²) >= 11 is 0. The fraction of sp³-hybridized carbons (Fsp3) is 1.00. The normalized spacial score (nSPS) is 31.4. The molecule has 0 spiro atoms. The molecule has 2 atom stereocenters. The van der Waals surface area contributed by atoms with Crippen LogP contribution in [0.5, 0.6) is 0 Å². The molecule has 0 aliphatic heterocycles. The van der Waals surface area contributed by atoms with Crippen LogP contribution in [0.4, 0.5) is 0 Å². The zero-order chi connectivity index (χ0) is 9.90. The topological polar surface area (TPSA) is 0 Å². The molecule has 1 fully saturated rings. The van der Waals surface area contributed by atoms with Crippen molar-refractivity contribution < 1.29 is 0 Å². The second-order valence-corrected chi connectivity index (χ2v) is 5.65. The second kappa shape index (κ2) is 4.48. The Labute approximate surface area is 84.1 Å². The zero-order valence-electron chi connectivity index (χ0n) is 9.90. The summed E-state index contributed by atoms with van der Waals surface area (Å²) in [6, 6.07) is 0. The van der Waals surface area contributed by atoms with E-state index in [2.05, 4.69) is 27.7 Å². The van der Waals surface area contributed by atoms with Crippen LogP contribution in [0.25, 0.3) is 0 Å². The third-order valence-corrected chi connectivity index (χ3v) is 4.27. The summed E-state index contributed by atoms with van der Waals surface area (Å²) in [5.74, 6) is 1.97. The summed E-state index contributed by atoms with van der Waals surface area (Å²) in [4.78, 5) is 0. The van der Waals surface area contributed by atoms with Crippen LogP contribution in [-0.2, 0) is 0 Å². The summed E-state index contributed by atoms with van der Waals surface area (Å²) in [6.45, 7) is 9.66. The van der Waals surface area contributed by atoms with Crippen LogP contribution in [0.15, 0.2) is 0 Å². The monoisotopic (exact) mass is 182 g/mol. The number of hydrogen-bond donors (Lipinski definition) is 0. The van der Waals surface area contributed by atoms with Crippen molar-refractivity contribution in [3.05, 3.63) is 0 Å². The van der Waals surface area contributed by atoms with Gasteiger partial charge >= 0.3 is 0 Å². The molecular weight excluding hydrogens is 156 g/mol. The fourth-order valence-corrected chi connectivity index (χ4v) is 2.56. The molecule has 1 rings (SSSR count). The zero-order valence-corrected chi connectivity index (χ0v) is 9.90. The summed E-state index contributed by atoms with van der Waals surface area (Å²) in [5.41, 5.74) is 0.587. The van der Waals surface area contributed by atoms with E-state index < -0.39 is 0 Å². The van der Waals surface area contributed by atoms with Crippen molar-refractivity contribution in [2.24, 2.45) is 17.3 Å². The van der Waals surface area contributed by atoms with Crippen molar-refractivity contribution >= 4 is 0 Å². The van der Waals surface area contributed by atoms with Gasteiger partial charge in [0, 0.05) is 0 Å². The summed E-state index contributed by atoms with van der Waals surface area (Å²) in [6.07, 6.45) is 8.69. The minimum absolute atomic E-state index is 0.587. The lowest BCUT2D eigenvalue weighted by atomic mass is 9.73. The molecular formula is C13H26. The average Bonchev–Trinajstić information content (AvgIpc) is 2.30. The van der Waals surface area contributed by atoms with Crippen molar-refractivity contribution in [3.8, 4) is 0 Å². The van der Waals surface area contributed by atoms with E-state index in [-0.39, 0.29) is 0 Å². The highest BCUT2D eigenvalue weighted by Gasteiger charge is 2.28. The first-order valence-electron chi connectivity index (χ1n) is 6.06. The molecule has 0 bridgehead atoms. The van der Waals surface area contributed by atoms with Gasteiger partial charge in [-0.1, -0.05) is 53.4 Å². The van der Waals surface area contributed by atoms with Gasteiger partial charge in [0.1, 0.15) is 0 Å². The van der Waals surface area contributed by atoms with E-state index >= 15 is 0 Å². The highest BCUT2D eigenvalue weighted by atomic mass is 14.3. The van der Waals surface area contributed by atoms with Crippen LogP contribution >= 0.6 is 0 Å². The molecule has 0 aromatic carbocycles. The van der Waals surface area contributed by atoms with Crippen LogP contribution in [-0.4, -0.2) is 0 Å². The molecule has 0 nitrogen and oxygen atoms in total. The van der Waals surface area contributed by atoms with Crippen LogP contribution in [0.1, 0.15) is 66.2 Å². The van der Waals surface area contributed by atoms with E-state index in [1.807, 2.05) is 0 Å². The van der Waals surface area contributed by atoms with Gasteiger partial charge in [0.05, 0.1) is 0 Å². The van der Waals surface area contributed by atoms with Gasteiger partial charge in [0.15, 0.2) is 0 Å². The van der Waals surface area contributed by atoms with Gasteiger partial charge in [-0.2, -0.15) is 0 Å². The van der Waals surface area contributed by atoms with Crippen LogP contribution in [0.3, 0.4) is 0 Å². The molecule has 0 saturated heterocycles. The minimum Gasteiger partial charge on any atom is -0.0649 e. The lowest BCUT2D eigenvalue weighted by molar-refractivity contribution is 0.180. The van der Waals surface area contributed by atoms with Crippen molar-refractivity contribution in [2.45, 2.75) is 66.2 Å². The molecule has 1 aliphatic rings. The lowest BCUT2D eigenvalue weighted by Crippen LogP contribution is -2.22. The minimum atomic E-state index is 0.587. The van der Waals surface area contributed by atoms with E-state index in [4.69, 9.17) is 0 Å². The Balaban J connectivity index is 2.50. The molecule has 1 aliphatic carbocycles. The maximum absolute atomic E-state index is 2.45. The molecule has 0 aromatic rings. The average molecular weight is 182 g/mol. The van der Waals surface area contributed by atoms with Gasteiger partial charge < -0.3 is 0 Å². The first-order valence-corrected chi connectivity index (χ1v) is 6.06. The summed E-state index contributed by atoms with van der Waals surface area (Å²) in [5, 5.41) is 0. The van der Waals surface area contributed by atoms with Gasteiger partial charge in [-0.05, 0) is 30.1 Å². The Hall–Kier alpha value is 0. The SMILES string of the molecule is CCC(C)(C)C1CCCC(C)CC1. The third kappa shape index (κ3) is 3.00. The maximum Gasteiger partial charge on any atom is -0.0329 e. The number of hydrogen-bond acceptors (Lipinski definition) is 0. The quantitative estimate of drug-likeness (QED) is 0.546. The van der Waals surface area contributed by atoms with Gasteiger partial charge in [-0.25, -0.2) is 0 Å². The van der Waals surface area contributed by atoms with Gasteiger partial charge in [0.25, 0.3) is 0 Å². The molecule has 13 heavy (non-hydrogen) atoms. The molecule has 0 aromatic heterocycles. The Morgan fingerprint density at radius 2 is 1.77 bits per heavy atom. The highest BCUT2D eigenvalue weighted by molar-refractivity contribution is 4.80. The van der Waals surface area contributed by atoms with E-state index in [1.54, 1.807) is 0 Å². The lowest BCUT2D eigenvalue weighted by Gasteiger charge is -2.33. The maximum atomic E-state index is 2.45. The van der Waals surface area contributed by atoms with Crippen LogP contribution in [0.2, 0.25) is 0 Å².